The van der Waals surface area contributed by atoms with Crippen LogP contribution in [0.3, 0.4) is 0 Å². The van der Waals surface area contributed by atoms with Crippen molar-refractivity contribution in [3.8, 4) is 5.75 Å². The number of carbonyl (C=O) groups is 2. The summed E-state index contributed by atoms with van der Waals surface area (Å²) in [5.41, 5.74) is 0. The van der Waals surface area contributed by atoms with Crippen LogP contribution in [0.15, 0.2) is 30.3 Å². The zero-order chi connectivity index (χ0) is 21.1. The van der Waals surface area contributed by atoms with Crippen molar-refractivity contribution in [2.75, 3.05) is 59.1 Å². The molecule has 1 fully saturated rings. The lowest BCUT2D eigenvalue weighted by Crippen LogP contribution is -2.51. The molecule has 2 amide bonds. The number of nitrogens with zero attached hydrogens (tertiary/aromatic N) is 2. The fraction of sp³-hybridized carbons (Fsp3) is 0.579. The molecule has 1 N–H and O–H groups in total. The zero-order valence-corrected chi connectivity index (χ0v) is 16.1. The van der Waals surface area contributed by atoms with Crippen molar-refractivity contribution in [1.82, 2.24) is 15.1 Å². The van der Waals surface area contributed by atoms with Crippen LogP contribution >= 0.6 is 0 Å². The summed E-state index contributed by atoms with van der Waals surface area (Å²) in [5.74, 6) is 0.0276. The van der Waals surface area contributed by atoms with Crippen LogP contribution in [0.4, 0.5) is 13.2 Å². The second kappa shape index (κ2) is 11.6. The van der Waals surface area contributed by atoms with Gasteiger partial charge in [0, 0.05) is 39.3 Å². The highest BCUT2D eigenvalue weighted by molar-refractivity contribution is 5.85. The zero-order valence-electron chi connectivity index (χ0n) is 16.1. The van der Waals surface area contributed by atoms with E-state index in [1.54, 1.807) is 29.2 Å². The first-order valence-electron chi connectivity index (χ1n) is 9.42. The summed E-state index contributed by atoms with van der Waals surface area (Å²) in [5, 5.41) is 2.54. The minimum absolute atomic E-state index is 0.0513. The van der Waals surface area contributed by atoms with Gasteiger partial charge in [-0.25, -0.2) is 0 Å². The Morgan fingerprint density at radius 2 is 1.76 bits per heavy atom. The van der Waals surface area contributed by atoms with Crippen molar-refractivity contribution in [2.45, 2.75) is 12.6 Å². The SMILES string of the molecule is O=C(COc1ccccc1)NCC(=O)N1CCN(CCCOCC(F)(F)F)CC1. The average molecular weight is 417 g/mol. The Balaban J connectivity index is 1.54. The number of alkyl halides is 3. The molecule has 0 atom stereocenters. The van der Waals surface area contributed by atoms with Gasteiger partial charge >= 0.3 is 6.18 Å². The van der Waals surface area contributed by atoms with Crippen LogP contribution in [0.5, 0.6) is 5.75 Å². The van der Waals surface area contributed by atoms with Crippen molar-refractivity contribution in [3.63, 3.8) is 0 Å². The molecule has 0 saturated carbocycles. The van der Waals surface area contributed by atoms with Gasteiger partial charge in [-0.3, -0.25) is 14.5 Å². The van der Waals surface area contributed by atoms with E-state index in [0.29, 0.717) is 44.9 Å². The number of amides is 2. The molecule has 162 valence electrons. The quantitative estimate of drug-likeness (QED) is 0.581. The van der Waals surface area contributed by atoms with Crippen molar-refractivity contribution in [3.05, 3.63) is 30.3 Å². The van der Waals surface area contributed by atoms with Crippen LogP contribution in [0, 0.1) is 0 Å². The normalized spacial score (nSPS) is 15.2. The van der Waals surface area contributed by atoms with Crippen LogP contribution in [-0.4, -0.2) is 86.9 Å². The van der Waals surface area contributed by atoms with Crippen LogP contribution < -0.4 is 10.1 Å². The van der Waals surface area contributed by atoms with Gasteiger partial charge < -0.3 is 19.7 Å². The number of halogens is 3. The van der Waals surface area contributed by atoms with Crippen molar-refractivity contribution in [2.24, 2.45) is 0 Å². The lowest BCUT2D eigenvalue weighted by Gasteiger charge is -2.34. The van der Waals surface area contributed by atoms with Crippen molar-refractivity contribution < 1.29 is 32.2 Å². The molecule has 7 nitrogen and oxygen atoms in total. The van der Waals surface area contributed by atoms with E-state index in [1.807, 2.05) is 6.07 Å². The molecule has 0 unspecified atom stereocenters. The number of benzene rings is 1. The highest BCUT2D eigenvalue weighted by Gasteiger charge is 2.27. The molecule has 0 aliphatic carbocycles. The first kappa shape index (κ1) is 23.0. The third-order valence-electron chi connectivity index (χ3n) is 4.30. The smallest absolute Gasteiger partial charge is 0.411 e. The third kappa shape index (κ3) is 9.62. The van der Waals surface area contributed by atoms with E-state index in [0.717, 1.165) is 0 Å². The molecule has 1 aliphatic heterocycles. The van der Waals surface area contributed by atoms with Crippen molar-refractivity contribution in [1.29, 1.82) is 0 Å². The van der Waals surface area contributed by atoms with Crippen molar-refractivity contribution >= 4 is 11.8 Å². The van der Waals surface area contributed by atoms with Gasteiger partial charge in [-0.15, -0.1) is 0 Å². The van der Waals surface area contributed by atoms with Crippen LogP contribution in [0.1, 0.15) is 6.42 Å². The number of hydrogen-bond acceptors (Lipinski definition) is 5. The number of carbonyl (C=O) groups excluding carboxylic acids is 2. The Bertz CT molecular complexity index is 635. The summed E-state index contributed by atoms with van der Waals surface area (Å²) in [6.45, 7) is 1.48. The molecule has 1 heterocycles. The Morgan fingerprint density at radius 3 is 2.41 bits per heavy atom. The van der Waals surface area contributed by atoms with Gasteiger partial charge in [0.15, 0.2) is 6.61 Å². The molecule has 2 rings (SSSR count). The maximum atomic E-state index is 12.2. The van der Waals surface area contributed by atoms with E-state index in [4.69, 9.17) is 4.74 Å². The molecule has 0 bridgehead atoms. The standard InChI is InChI=1S/C19H26F3N3O4/c20-19(21,22)15-28-12-4-7-24-8-10-25(11-9-24)18(27)13-23-17(26)14-29-16-5-2-1-3-6-16/h1-3,5-6H,4,7-15H2,(H,23,26). The summed E-state index contributed by atoms with van der Waals surface area (Å²) in [4.78, 5) is 27.7. The summed E-state index contributed by atoms with van der Waals surface area (Å²) in [6, 6.07) is 8.91. The lowest BCUT2D eigenvalue weighted by atomic mass is 10.3. The summed E-state index contributed by atoms with van der Waals surface area (Å²) >= 11 is 0. The van der Waals surface area contributed by atoms with E-state index in [1.165, 1.54) is 0 Å². The Labute approximate surface area is 167 Å². The Kier molecular flexibility index (Phi) is 9.20. The van der Waals surface area contributed by atoms with E-state index < -0.39 is 12.8 Å². The van der Waals surface area contributed by atoms with Crippen LogP contribution in [0.2, 0.25) is 0 Å². The molecule has 1 aromatic carbocycles. The maximum Gasteiger partial charge on any atom is 0.411 e. The number of piperazine rings is 1. The van der Waals surface area contributed by atoms with Gasteiger partial charge in [0.2, 0.25) is 5.91 Å². The second-order valence-corrected chi connectivity index (χ2v) is 6.62. The molecule has 1 aromatic rings. The lowest BCUT2D eigenvalue weighted by molar-refractivity contribution is -0.174. The largest absolute Gasteiger partial charge is 0.484 e. The van der Waals surface area contributed by atoms with Crippen LogP contribution in [-0.2, 0) is 14.3 Å². The summed E-state index contributed by atoms with van der Waals surface area (Å²) < 4.78 is 45.9. The molecular formula is C19H26F3N3O4. The maximum absolute atomic E-state index is 12.2. The molecule has 10 heteroatoms. The first-order chi connectivity index (χ1) is 13.8. The summed E-state index contributed by atoms with van der Waals surface area (Å²) in [7, 11) is 0. The topological polar surface area (TPSA) is 71.1 Å². The van der Waals surface area contributed by atoms with Gasteiger partial charge in [0.25, 0.3) is 5.91 Å². The second-order valence-electron chi connectivity index (χ2n) is 6.62. The number of rotatable bonds is 10. The fourth-order valence-corrected chi connectivity index (χ4v) is 2.80. The van der Waals surface area contributed by atoms with Gasteiger partial charge in [0.05, 0.1) is 6.54 Å². The monoisotopic (exact) mass is 417 g/mol. The molecule has 29 heavy (non-hydrogen) atoms. The van der Waals surface area contributed by atoms with E-state index in [-0.39, 0.29) is 31.6 Å². The third-order valence-corrected chi connectivity index (χ3v) is 4.30. The summed E-state index contributed by atoms with van der Waals surface area (Å²) in [6.07, 6.45) is -3.80. The van der Waals surface area contributed by atoms with Gasteiger partial charge in [-0.2, -0.15) is 13.2 Å². The van der Waals surface area contributed by atoms with Gasteiger partial charge in [-0.1, -0.05) is 18.2 Å². The highest BCUT2D eigenvalue weighted by atomic mass is 19.4. The average Bonchev–Trinajstić information content (AvgIpc) is 2.70. The highest BCUT2D eigenvalue weighted by Crippen LogP contribution is 2.14. The molecule has 0 radical (unpaired) electrons. The van der Waals surface area contributed by atoms with E-state index in [9.17, 15) is 22.8 Å². The van der Waals surface area contributed by atoms with Gasteiger partial charge in [-0.05, 0) is 18.6 Å². The van der Waals surface area contributed by atoms with Gasteiger partial charge in [0.1, 0.15) is 12.4 Å². The molecule has 0 spiro atoms. The van der Waals surface area contributed by atoms with E-state index >= 15 is 0 Å². The predicted molar refractivity (Wildman–Crippen MR) is 99.5 cm³/mol. The minimum Gasteiger partial charge on any atom is -0.484 e. The Hall–Kier alpha value is -2.33. The molecule has 1 saturated heterocycles. The number of ether oxygens (including phenoxy) is 2. The predicted octanol–water partition coefficient (Wildman–Crippen LogP) is 1.29. The van der Waals surface area contributed by atoms with Crippen LogP contribution in [0.25, 0.3) is 0 Å². The molecule has 0 aromatic heterocycles. The molecular weight excluding hydrogens is 391 g/mol. The Morgan fingerprint density at radius 1 is 1.07 bits per heavy atom. The minimum atomic E-state index is -4.30. The number of hydrogen-bond donors (Lipinski definition) is 1. The fourth-order valence-electron chi connectivity index (χ4n) is 2.80. The first-order valence-corrected chi connectivity index (χ1v) is 9.42. The molecule has 1 aliphatic rings. The van der Waals surface area contributed by atoms with E-state index in [2.05, 4.69) is 15.0 Å². The number of para-hydroxylation sites is 1. The number of nitrogens with one attached hydrogen (secondary N) is 1.